The van der Waals surface area contributed by atoms with Crippen LogP contribution in [0, 0.1) is 11.3 Å². The molecule has 0 heterocycles. The lowest BCUT2D eigenvalue weighted by Crippen LogP contribution is -2.37. The van der Waals surface area contributed by atoms with Crippen molar-refractivity contribution in [3.8, 4) is 6.07 Å². The Labute approximate surface area is 159 Å². The number of nitrogens with zero attached hydrogens (tertiary/aromatic N) is 2. The zero-order valence-corrected chi connectivity index (χ0v) is 16.1. The second kappa shape index (κ2) is 9.69. The van der Waals surface area contributed by atoms with E-state index in [1.54, 1.807) is 16.7 Å². The van der Waals surface area contributed by atoms with E-state index in [1.165, 1.54) is 6.20 Å². The van der Waals surface area contributed by atoms with Gasteiger partial charge in [-0.15, -0.1) is 11.8 Å². The van der Waals surface area contributed by atoms with Gasteiger partial charge in [-0.05, 0) is 43.9 Å². The molecule has 0 aliphatic heterocycles. The van der Waals surface area contributed by atoms with Gasteiger partial charge in [-0.25, -0.2) is 0 Å². The van der Waals surface area contributed by atoms with E-state index in [1.807, 2.05) is 80.8 Å². The number of benzene rings is 2. The molecule has 0 unspecified atom stereocenters. The minimum atomic E-state index is -0.278. The number of thioether (sulfide) groups is 1. The fraction of sp³-hybridized carbons (Fsp3) is 0.238. The zero-order valence-electron chi connectivity index (χ0n) is 15.3. The smallest absolute Gasteiger partial charge is 0.266 e. The Balaban J connectivity index is 2.17. The number of hydrogen-bond acceptors (Lipinski definition) is 4. The van der Waals surface area contributed by atoms with Crippen molar-refractivity contribution in [2.24, 2.45) is 0 Å². The van der Waals surface area contributed by atoms with Crippen LogP contribution in [0.25, 0.3) is 0 Å². The van der Waals surface area contributed by atoms with Crippen LogP contribution < -0.4 is 5.32 Å². The first-order valence-electron chi connectivity index (χ1n) is 8.41. The van der Waals surface area contributed by atoms with Crippen LogP contribution in [0.5, 0.6) is 0 Å². The normalized spacial score (nSPS) is 11.1. The number of nitrogens with one attached hydrogen (secondary N) is 1. The van der Waals surface area contributed by atoms with Crippen molar-refractivity contribution in [2.75, 3.05) is 11.6 Å². The van der Waals surface area contributed by atoms with Crippen molar-refractivity contribution in [1.29, 1.82) is 5.26 Å². The summed E-state index contributed by atoms with van der Waals surface area (Å²) < 4.78 is 0. The monoisotopic (exact) mass is 365 g/mol. The van der Waals surface area contributed by atoms with Crippen molar-refractivity contribution in [3.63, 3.8) is 0 Å². The van der Waals surface area contributed by atoms with E-state index in [0.717, 1.165) is 16.1 Å². The first-order chi connectivity index (χ1) is 12.5. The summed E-state index contributed by atoms with van der Waals surface area (Å²) in [5, 5.41) is 12.5. The maximum absolute atomic E-state index is 12.9. The molecule has 1 N–H and O–H groups in total. The summed E-state index contributed by atoms with van der Waals surface area (Å²) in [6.07, 6.45) is 3.49. The Hall–Kier alpha value is -2.71. The fourth-order valence-electron chi connectivity index (χ4n) is 2.43. The van der Waals surface area contributed by atoms with Crippen LogP contribution in [0.1, 0.15) is 19.4 Å². The van der Waals surface area contributed by atoms with Crippen molar-refractivity contribution >= 4 is 23.4 Å². The van der Waals surface area contributed by atoms with Gasteiger partial charge < -0.3 is 10.2 Å². The fourth-order valence-corrected chi connectivity index (χ4v) is 2.89. The second-order valence-electron chi connectivity index (χ2n) is 6.06. The Bertz CT molecular complexity index is 810. The van der Waals surface area contributed by atoms with Gasteiger partial charge in [0.05, 0.1) is 0 Å². The molecule has 0 aliphatic rings. The molecule has 0 atom stereocenters. The minimum absolute atomic E-state index is 0.0146. The van der Waals surface area contributed by atoms with E-state index in [0.29, 0.717) is 6.54 Å². The average Bonchev–Trinajstić information content (AvgIpc) is 2.67. The van der Waals surface area contributed by atoms with Crippen LogP contribution in [0.2, 0.25) is 0 Å². The highest BCUT2D eigenvalue weighted by atomic mass is 32.2. The van der Waals surface area contributed by atoms with E-state index in [4.69, 9.17) is 0 Å². The largest absolute Gasteiger partial charge is 0.360 e. The summed E-state index contributed by atoms with van der Waals surface area (Å²) in [6.45, 7) is 4.37. The van der Waals surface area contributed by atoms with Gasteiger partial charge in [-0.2, -0.15) is 5.26 Å². The van der Waals surface area contributed by atoms with Crippen molar-refractivity contribution in [2.45, 2.75) is 31.3 Å². The standard InChI is InChI=1S/C21H23N3OS/c1-16(2)24(15-17-8-5-4-6-9-17)21(25)18(13-22)14-23-19-10-7-11-20(12-19)26-3/h4-12,14,16,23H,15H2,1-3H3/b18-14-. The van der Waals surface area contributed by atoms with Crippen LogP contribution in [-0.4, -0.2) is 23.1 Å². The second-order valence-corrected chi connectivity index (χ2v) is 6.94. The Morgan fingerprint density at radius 2 is 1.96 bits per heavy atom. The molecule has 2 rings (SSSR count). The maximum atomic E-state index is 12.9. The van der Waals surface area contributed by atoms with Gasteiger partial charge in [0.1, 0.15) is 11.6 Å². The number of hydrogen-bond donors (Lipinski definition) is 1. The van der Waals surface area contributed by atoms with Crippen LogP contribution in [0.4, 0.5) is 5.69 Å². The molecule has 0 fully saturated rings. The lowest BCUT2D eigenvalue weighted by Gasteiger charge is -2.26. The Kier molecular flexibility index (Phi) is 7.31. The molecule has 0 bridgehead atoms. The molecular formula is C21H23N3OS. The van der Waals surface area contributed by atoms with Gasteiger partial charge in [0.2, 0.25) is 0 Å². The van der Waals surface area contributed by atoms with Gasteiger partial charge in [-0.3, -0.25) is 4.79 Å². The van der Waals surface area contributed by atoms with Crippen LogP contribution in [0.15, 0.2) is 71.3 Å². The van der Waals surface area contributed by atoms with Crippen molar-refractivity contribution < 1.29 is 4.79 Å². The molecule has 0 saturated heterocycles. The SMILES string of the molecule is CSc1cccc(N/C=C(/C#N)C(=O)N(Cc2ccccc2)C(C)C)c1. The first kappa shape index (κ1) is 19.6. The lowest BCUT2D eigenvalue weighted by molar-refractivity contribution is -0.129. The van der Waals surface area contributed by atoms with E-state index in [-0.39, 0.29) is 17.5 Å². The molecule has 134 valence electrons. The van der Waals surface area contributed by atoms with Gasteiger partial charge in [0.15, 0.2) is 0 Å². The maximum Gasteiger partial charge on any atom is 0.266 e. The topological polar surface area (TPSA) is 56.1 Å². The molecule has 1 amide bonds. The summed E-state index contributed by atoms with van der Waals surface area (Å²) in [4.78, 5) is 15.7. The number of carbonyl (C=O) groups is 1. The summed E-state index contributed by atoms with van der Waals surface area (Å²) >= 11 is 1.64. The predicted molar refractivity (Wildman–Crippen MR) is 108 cm³/mol. The summed E-state index contributed by atoms with van der Waals surface area (Å²) in [5.74, 6) is -0.278. The number of nitriles is 1. The van der Waals surface area contributed by atoms with Gasteiger partial charge in [0, 0.05) is 29.4 Å². The highest BCUT2D eigenvalue weighted by Crippen LogP contribution is 2.19. The summed E-state index contributed by atoms with van der Waals surface area (Å²) in [7, 11) is 0. The van der Waals surface area contributed by atoms with E-state index >= 15 is 0 Å². The predicted octanol–water partition coefficient (Wildman–Crippen LogP) is 4.67. The molecule has 26 heavy (non-hydrogen) atoms. The molecule has 5 heteroatoms. The summed E-state index contributed by atoms with van der Waals surface area (Å²) in [6, 6.07) is 19.6. The number of rotatable bonds is 7. The van der Waals surface area contributed by atoms with Crippen LogP contribution >= 0.6 is 11.8 Å². The van der Waals surface area contributed by atoms with Crippen molar-refractivity contribution in [3.05, 3.63) is 71.9 Å². The number of carbonyl (C=O) groups excluding carboxylic acids is 1. The van der Waals surface area contributed by atoms with Crippen LogP contribution in [-0.2, 0) is 11.3 Å². The molecular weight excluding hydrogens is 342 g/mol. The third-order valence-electron chi connectivity index (χ3n) is 3.88. The molecule has 0 radical (unpaired) electrons. The van der Waals surface area contributed by atoms with Crippen LogP contribution in [0.3, 0.4) is 0 Å². The zero-order chi connectivity index (χ0) is 18.9. The molecule has 0 aromatic heterocycles. The van der Waals surface area contributed by atoms with E-state index in [2.05, 4.69) is 5.32 Å². The third-order valence-corrected chi connectivity index (χ3v) is 4.61. The first-order valence-corrected chi connectivity index (χ1v) is 9.63. The number of anilines is 1. The molecule has 0 saturated carbocycles. The number of amides is 1. The van der Waals surface area contributed by atoms with Gasteiger partial charge in [0.25, 0.3) is 5.91 Å². The molecule has 0 aliphatic carbocycles. The average molecular weight is 366 g/mol. The van der Waals surface area contributed by atoms with E-state index < -0.39 is 0 Å². The highest BCUT2D eigenvalue weighted by molar-refractivity contribution is 7.98. The highest BCUT2D eigenvalue weighted by Gasteiger charge is 2.21. The third kappa shape index (κ3) is 5.40. The summed E-state index contributed by atoms with van der Waals surface area (Å²) in [5.41, 5.74) is 1.97. The van der Waals surface area contributed by atoms with Crippen molar-refractivity contribution in [1.82, 2.24) is 4.90 Å². The quantitative estimate of drug-likeness (QED) is 0.440. The Morgan fingerprint density at radius 3 is 2.58 bits per heavy atom. The van der Waals surface area contributed by atoms with Gasteiger partial charge >= 0.3 is 0 Å². The molecule has 2 aromatic carbocycles. The molecule has 0 spiro atoms. The van der Waals surface area contributed by atoms with E-state index in [9.17, 15) is 10.1 Å². The lowest BCUT2D eigenvalue weighted by atomic mass is 10.1. The molecule has 4 nitrogen and oxygen atoms in total. The van der Waals surface area contributed by atoms with Gasteiger partial charge in [-0.1, -0.05) is 36.4 Å². The Morgan fingerprint density at radius 1 is 1.23 bits per heavy atom. The minimum Gasteiger partial charge on any atom is -0.360 e. The molecule has 2 aromatic rings.